The maximum absolute atomic E-state index is 12.6. The summed E-state index contributed by atoms with van der Waals surface area (Å²) in [7, 11) is 0. The normalized spacial score (nSPS) is 11.0. The van der Waals surface area contributed by atoms with Gasteiger partial charge in [0.1, 0.15) is 34.3 Å². The van der Waals surface area contributed by atoms with Crippen molar-refractivity contribution >= 4 is 28.9 Å². The van der Waals surface area contributed by atoms with E-state index < -0.39 is 17.5 Å². The second-order valence-corrected chi connectivity index (χ2v) is 8.29. The molecule has 190 valence electrons. The van der Waals surface area contributed by atoms with Crippen molar-refractivity contribution in [2.75, 3.05) is 6.61 Å². The molecule has 0 radical (unpaired) electrons. The van der Waals surface area contributed by atoms with E-state index in [2.05, 4.69) is 5.32 Å². The van der Waals surface area contributed by atoms with Crippen LogP contribution in [-0.4, -0.2) is 18.5 Å². The molecule has 38 heavy (non-hydrogen) atoms. The van der Waals surface area contributed by atoms with Crippen LogP contribution in [0.1, 0.15) is 34.8 Å². The van der Waals surface area contributed by atoms with Crippen LogP contribution in [0.4, 0.5) is 0 Å². The Bertz CT molecular complexity index is 1580. The molecule has 0 aliphatic heterocycles. The van der Waals surface area contributed by atoms with E-state index >= 15 is 0 Å². The highest BCUT2D eigenvalue weighted by Crippen LogP contribution is 2.22. The van der Waals surface area contributed by atoms with E-state index in [0.717, 1.165) is 12.0 Å². The zero-order chi connectivity index (χ0) is 26.9. The molecular formula is C30H24N2O6. The zero-order valence-electron chi connectivity index (χ0n) is 20.6. The third-order valence-corrected chi connectivity index (χ3v) is 5.46. The smallest absolute Gasteiger partial charge is 0.354 e. The molecule has 0 spiro atoms. The van der Waals surface area contributed by atoms with Crippen molar-refractivity contribution in [2.45, 2.75) is 19.9 Å². The number of nitrogens with zero attached hydrogens (tertiary/aromatic N) is 1. The van der Waals surface area contributed by atoms with Crippen molar-refractivity contribution in [1.29, 1.82) is 5.26 Å². The van der Waals surface area contributed by atoms with Gasteiger partial charge in [-0.2, -0.15) is 5.26 Å². The number of rotatable bonds is 9. The highest BCUT2D eigenvalue weighted by molar-refractivity contribution is 6.00. The molecule has 0 fully saturated rings. The minimum Gasteiger partial charge on any atom is -0.494 e. The first-order valence-corrected chi connectivity index (χ1v) is 11.9. The number of hydrogen-bond acceptors (Lipinski definition) is 7. The lowest BCUT2D eigenvalue weighted by molar-refractivity contribution is -0.129. The minimum absolute atomic E-state index is 0.0800. The van der Waals surface area contributed by atoms with Gasteiger partial charge < -0.3 is 19.2 Å². The first-order chi connectivity index (χ1) is 18.5. The molecule has 1 amide bonds. The number of nitrogens with one attached hydrogen (secondary N) is 1. The molecule has 1 aromatic heterocycles. The van der Waals surface area contributed by atoms with E-state index in [4.69, 9.17) is 13.9 Å². The predicted molar refractivity (Wildman–Crippen MR) is 142 cm³/mol. The summed E-state index contributed by atoms with van der Waals surface area (Å²) in [6.45, 7) is 2.87. The summed E-state index contributed by atoms with van der Waals surface area (Å²) in [6, 6.07) is 23.9. The Kier molecular flexibility index (Phi) is 8.32. The summed E-state index contributed by atoms with van der Waals surface area (Å²) in [5.74, 6) is -0.651. The summed E-state index contributed by atoms with van der Waals surface area (Å²) in [5, 5.41) is 12.6. The molecule has 4 rings (SSSR count). The van der Waals surface area contributed by atoms with Crippen LogP contribution in [0, 0.1) is 11.3 Å². The SMILES string of the molecule is CCCOc1ccc(/C=C(\C#N)C(=O)Oc2ccc3cc(C(=O)NCc4ccccc4)c(=O)oc3c2)cc1. The number of carbonyl (C=O) groups excluding carboxylic acids is 2. The molecule has 0 atom stereocenters. The average molecular weight is 509 g/mol. The number of nitriles is 1. The van der Waals surface area contributed by atoms with Gasteiger partial charge in [-0.05, 0) is 54.0 Å². The van der Waals surface area contributed by atoms with E-state index in [-0.39, 0.29) is 29.0 Å². The van der Waals surface area contributed by atoms with Crippen LogP contribution in [0.25, 0.3) is 17.0 Å². The fraction of sp³-hybridized carbons (Fsp3) is 0.133. The van der Waals surface area contributed by atoms with Crippen LogP contribution < -0.4 is 20.4 Å². The van der Waals surface area contributed by atoms with E-state index in [0.29, 0.717) is 23.3 Å². The molecule has 8 nitrogen and oxygen atoms in total. The zero-order valence-corrected chi connectivity index (χ0v) is 20.6. The second-order valence-electron chi connectivity index (χ2n) is 8.29. The molecule has 3 aromatic carbocycles. The quantitative estimate of drug-likeness (QED) is 0.111. The van der Waals surface area contributed by atoms with Gasteiger partial charge in [-0.1, -0.05) is 49.4 Å². The number of esters is 1. The van der Waals surface area contributed by atoms with Crippen molar-refractivity contribution < 1.29 is 23.5 Å². The maximum atomic E-state index is 12.6. The fourth-order valence-electron chi connectivity index (χ4n) is 3.53. The number of fused-ring (bicyclic) bond motifs is 1. The van der Waals surface area contributed by atoms with Gasteiger partial charge in [0.25, 0.3) is 5.91 Å². The van der Waals surface area contributed by atoms with Crippen LogP contribution in [0.2, 0.25) is 0 Å². The van der Waals surface area contributed by atoms with Gasteiger partial charge in [-0.15, -0.1) is 0 Å². The van der Waals surface area contributed by atoms with Crippen LogP contribution >= 0.6 is 0 Å². The van der Waals surface area contributed by atoms with Gasteiger partial charge >= 0.3 is 11.6 Å². The van der Waals surface area contributed by atoms with E-state index in [1.807, 2.05) is 43.3 Å². The summed E-state index contributed by atoms with van der Waals surface area (Å²) in [5.41, 5.74) is 0.477. The van der Waals surface area contributed by atoms with Gasteiger partial charge in [0.15, 0.2) is 0 Å². The van der Waals surface area contributed by atoms with Gasteiger partial charge in [0, 0.05) is 18.0 Å². The molecule has 4 aromatic rings. The number of amides is 1. The van der Waals surface area contributed by atoms with Crippen LogP contribution in [-0.2, 0) is 11.3 Å². The van der Waals surface area contributed by atoms with Gasteiger partial charge in [0.05, 0.1) is 6.61 Å². The Hall–Kier alpha value is -5.16. The van der Waals surface area contributed by atoms with Gasteiger partial charge in [-0.25, -0.2) is 9.59 Å². The average Bonchev–Trinajstić information content (AvgIpc) is 2.94. The van der Waals surface area contributed by atoms with Crippen LogP contribution in [0.3, 0.4) is 0 Å². The Morgan fingerprint density at radius 3 is 2.45 bits per heavy atom. The molecular weight excluding hydrogens is 484 g/mol. The Labute approximate surface area is 218 Å². The Morgan fingerprint density at radius 1 is 1.00 bits per heavy atom. The first kappa shape index (κ1) is 25.9. The molecule has 1 N–H and O–H groups in total. The van der Waals surface area contributed by atoms with E-state index in [1.165, 1.54) is 24.3 Å². The molecule has 0 saturated carbocycles. The maximum Gasteiger partial charge on any atom is 0.354 e. The van der Waals surface area contributed by atoms with Gasteiger partial charge in [0.2, 0.25) is 0 Å². The first-order valence-electron chi connectivity index (χ1n) is 11.9. The van der Waals surface area contributed by atoms with Gasteiger partial charge in [-0.3, -0.25) is 4.79 Å². The Balaban J connectivity index is 1.46. The number of ether oxygens (including phenoxy) is 2. The Morgan fingerprint density at radius 2 is 1.74 bits per heavy atom. The summed E-state index contributed by atoms with van der Waals surface area (Å²) in [4.78, 5) is 37.6. The molecule has 1 heterocycles. The van der Waals surface area contributed by atoms with Crippen molar-refractivity contribution in [1.82, 2.24) is 5.32 Å². The number of hydrogen-bond donors (Lipinski definition) is 1. The van der Waals surface area contributed by atoms with Crippen molar-refractivity contribution in [3.63, 3.8) is 0 Å². The third-order valence-electron chi connectivity index (χ3n) is 5.46. The van der Waals surface area contributed by atoms with Crippen molar-refractivity contribution in [3.05, 3.63) is 112 Å². The number of carbonyl (C=O) groups is 2. The molecule has 0 bridgehead atoms. The molecule has 0 aliphatic rings. The fourth-order valence-corrected chi connectivity index (χ4v) is 3.53. The molecule has 0 unspecified atom stereocenters. The van der Waals surface area contributed by atoms with E-state index in [1.54, 1.807) is 30.3 Å². The molecule has 8 heteroatoms. The monoisotopic (exact) mass is 508 g/mol. The minimum atomic E-state index is -0.864. The lowest BCUT2D eigenvalue weighted by Gasteiger charge is -2.07. The second kappa shape index (κ2) is 12.2. The summed E-state index contributed by atoms with van der Waals surface area (Å²) >= 11 is 0. The standard InChI is InChI=1S/C30H24N2O6/c1-2-14-36-24-11-8-20(9-12-24)15-23(18-31)29(34)37-25-13-10-22-16-26(30(35)38-27(22)17-25)28(33)32-19-21-6-4-3-5-7-21/h3-13,15-17H,2,14,19H2,1H3,(H,32,33)/b23-15+. The van der Waals surface area contributed by atoms with E-state index in [9.17, 15) is 19.6 Å². The predicted octanol–water partition coefficient (Wildman–Crippen LogP) is 5.02. The van der Waals surface area contributed by atoms with Crippen molar-refractivity contribution in [3.8, 4) is 17.6 Å². The largest absolute Gasteiger partial charge is 0.494 e. The summed E-state index contributed by atoms with van der Waals surface area (Å²) < 4.78 is 16.2. The highest BCUT2D eigenvalue weighted by Gasteiger charge is 2.16. The highest BCUT2D eigenvalue weighted by atomic mass is 16.5. The van der Waals surface area contributed by atoms with Crippen LogP contribution in [0.15, 0.2) is 93.6 Å². The molecule has 0 saturated heterocycles. The molecule has 0 aliphatic carbocycles. The number of benzene rings is 3. The van der Waals surface area contributed by atoms with Crippen molar-refractivity contribution in [2.24, 2.45) is 0 Å². The lowest BCUT2D eigenvalue weighted by Crippen LogP contribution is -2.27. The summed E-state index contributed by atoms with van der Waals surface area (Å²) in [6.07, 6.45) is 2.29. The van der Waals surface area contributed by atoms with Crippen LogP contribution in [0.5, 0.6) is 11.5 Å². The third kappa shape index (κ3) is 6.53. The lowest BCUT2D eigenvalue weighted by atomic mass is 10.1. The topological polar surface area (TPSA) is 119 Å².